The first kappa shape index (κ1) is 13.1. The van der Waals surface area contributed by atoms with Crippen molar-refractivity contribution in [3.63, 3.8) is 0 Å². The molecular formula is C12H10N4O2S. The van der Waals surface area contributed by atoms with E-state index in [1.165, 1.54) is 23.5 Å². The van der Waals surface area contributed by atoms with E-state index >= 15 is 0 Å². The molecular weight excluding hydrogens is 264 g/mol. The number of hydrogen-bond acceptors (Lipinski definition) is 7. The van der Waals surface area contributed by atoms with Crippen molar-refractivity contribution < 1.29 is 9.53 Å². The van der Waals surface area contributed by atoms with Gasteiger partial charge in [0.2, 0.25) is 10.9 Å². The number of nitrogens with zero attached hydrogens (tertiary/aromatic N) is 4. The summed E-state index contributed by atoms with van der Waals surface area (Å²) >= 11 is 1.23. The fourth-order valence-electron chi connectivity index (χ4n) is 1.22. The molecule has 0 radical (unpaired) electrons. The zero-order valence-corrected chi connectivity index (χ0v) is 11.1. The average Bonchev–Trinajstić information content (AvgIpc) is 2.89. The molecule has 19 heavy (non-hydrogen) atoms. The van der Waals surface area contributed by atoms with Crippen molar-refractivity contribution in [2.75, 3.05) is 0 Å². The SMILES string of the molecule is CC(C)c1csc(C(=O)Oc2ccc(C#N)nn2)n1. The number of thiazole rings is 1. The zero-order valence-electron chi connectivity index (χ0n) is 10.3. The first-order chi connectivity index (χ1) is 9.10. The maximum atomic E-state index is 11.8. The third-order valence-corrected chi connectivity index (χ3v) is 3.08. The smallest absolute Gasteiger partial charge is 0.374 e. The fourth-order valence-corrected chi connectivity index (χ4v) is 2.07. The van der Waals surface area contributed by atoms with Crippen LogP contribution in [0.5, 0.6) is 5.88 Å². The van der Waals surface area contributed by atoms with E-state index in [1.54, 1.807) is 0 Å². The Bertz CT molecular complexity index is 628. The van der Waals surface area contributed by atoms with Crippen molar-refractivity contribution in [2.45, 2.75) is 19.8 Å². The minimum atomic E-state index is -0.573. The molecule has 0 aromatic carbocycles. The van der Waals surface area contributed by atoms with Gasteiger partial charge in [0.25, 0.3) is 0 Å². The molecule has 0 saturated carbocycles. The van der Waals surface area contributed by atoms with Crippen LogP contribution in [0.1, 0.15) is 41.0 Å². The topological polar surface area (TPSA) is 88.8 Å². The molecule has 0 spiro atoms. The number of rotatable bonds is 3. The molecule has 0 unspecified atom stereocenters. The second-order valence-corrected chi connectivity index (χ2v) is 4.85. The number of aromatic nitrogens is 3. The van der Waals surface area contributed by atoms with Gasteiger partial charge in [-0.2, -0.15) is 5.26 Å². The Kier molecular flexibility index (Phi) is 3.82. The summed E-state index contributed by atoms with van der Waals surface area (Å²) in [6, 6.07) is 4.68. The maximum absolute atomic E-state index is 11.8. The summed E-state index contributed by atoms with van der Waals surface area (Å²) in [7, 11) is 0. The number of carbonyl (C=O) groups is 1. The predicted octanol–water partition coefficient (Wildman–Crippen LogP) is 2.15. The monoisotopic (exact) mass is 274 g/mol. The van der Waals surface area contributed by atoms with Crippen LogP contribution in [0.3, 0.4) is 0 Å². The average molecular weight is 274 g/mol. The van der Waals surface area contributed by atoms with Crippen molar-refractivity contribution in [1.82, 2.24) is 15.2 Å². The van der Waals surface area contributed by atoms with Gasteiger partial charge in [-0.05, 0) is 12.0 Å². The minimum Gasteiger partial charge on any atom is -0.400 e. The second-order valence-electron chi connectivity index (χ2n) is 3.99. The maximum Gasteiger partial charge on any atom is 0.374 e. The van der Waals surface area contributed by atoms with Gasteiger partial charge in [0.05, 0.1) is 5.69 Å². The number of ether oxygens (including phenoxy) is 1. The zero-order chi connectivity index (χ0) is 13.8. The van der Waals surface area contributed by atoms with E-state index in [0.717, 1.165) is 5.69 Å². The van der Waals surface area contributed by atoms with Gasteiger partial charge in [-0.25, -0.2) is 9.78 Å². The van der Waals surface area contributed by atoms with Gasteiger partial charge in [0.1, 0.15) is 6.07 Å². The van der Waals surface area contributed by atoms with E-state index in [9.17, 15) is 4.79 Å². The highest BCUT2D eigenvalue weighted by Crippen LogP contribution is 2.19. The van der Waals surface area contributed by atoms with E-state index in [0.29, 0.717) is 0 Å². The summed E-state index contributed by atoms with van der Waals surface area (Å²) in [6.45, 7) is 3.99. The molecule has 96 valence electrons. The predicted molar refractivity (Wildman–Crippen MR) is 67.9 cm³/mol. The van der Waals surface area contributed by atoms with Crippen molar-refractivity contribution in [1.29, 1.82) is 5.26 Å². The molecule has 0 bridgehead atoms. The van der Waals surface area contributed by atoms with Crippen LogP contribution in [0.2, 0.25) is 0 Å². The minimum absolute atomic E-state index is 0.0466. The summed E-state index contributed by atoms with van der Waals surface area (Å²) in [5.74, 6) is -0.270. The lowest BCUT2D eigenvalue weighted by atomic mass is 10.2. The van der Waals surface area contributed by atoms with E-state index in [4.69, 9.17) is 10.00 Å². The molecule has 0 saturated heterocycles. The molecule has 0 atom stereocenters. The highest BCUT2D eigenvalue weighted by molar-refractivity contribution is 7.11. The number of hydrogen-bond donors (Lipinski definition) is 0. The van der Waals surface area contributed by atoms with Crippen LogP contribution in [-0.2, 0) is 0 Å². The molecule has 2 aromatic rings. The van der Waals surface area contributed by atoms with Crippen molar-refractivity contribution in [3.8, 4) is 11.9 Å². The summed E-state index contributed by atoms with van der Waals surface area (Å²) < 4.78 is 5.02. The van der Waals surface area contributed by atoms with Crippen LogP contribution in [0.25, 0.3) is 0 Å². The van der Waals surface area contributed by atoms with Crippen LogP contribution >= 0.6 is 11.3 Å². The lowest BCUT2D eigenvalue weighted by Crippen LogP contribution is -2.10. The first-order valence-corrected chi connectivity index (χ1v) is 6.39. The highest BCUT2D eigenvalue weighted by atomic mass is 32.1. The third kappa shape index (κ3) is 3.11. The molecule has 0 aliphatic rings. The van der Waals surface area contributed by atoms with Crippen LogP contribution in [0.15, 0.2) is 17.5 Å². The lowest BCUT2D eigenvalue weighted by molar-refractivity contribution is 0.0725. The lowest BCUT2D eigenvalue weighted by Gasteiger charge is -2.00. The molecule has 0 N–H and O–H groups in total. The van der Waals surface area contributed by atoms with Gasteiger partial charge in [-0.1, -0.05) is 13.8 Å². The van der Waals surface area contributed by atoms with Crippen molar-refractivity contribution in [3.05, 3.63) is 33.9 Å². The molecule has 0 fully saturated rings. The van der Waals surface area contributed by atoms with Crippen molar-refractivity contribution >= 4 is 17.3 Å². The van der Waals surface area contributed by atoms with Crippen LogP contribution in [0, 0.1) is 11.3 Å². The Morgan fingerprint density at radius 2 is 2.21 bits per heavy atom. The third-order valence-electron chi connectivity index (χ3n) is 2.24. The van der Waals surface area contributed by atoms with Crippen LogP contribution in [0.4, 0.5) is 0 Å². The number of esters is 1. The van der Waals surface area contributed by atoms with E-state index in [1.807, 2.05) is 25.3 Å². The Labute approximate surface area is 113 Å². The standard InChI is InChI=1S/C12H10N4O2S/c1-7(2)9-6-19-11(14-9)12(17)18-10-4-3-8(5-13)15-16-10/h3-4,6-7H,1-2H3. The van der Waals surface area contributed by atoms with Crippen molar-refractivity contribution in [2.24, 2.45) is 0 Å². The molecule has 0 aliphatic carbocycles. The normalized spacial score (nSPS) is 10.2. The van der Waals surface area contributed by atoms with Gasteiger partial charge in [0.15, 0.2) is 5.69 Å². The van der Waals surface area contributed by atoms with Gasteiger partial charge >= 0.3 is 5.97 Å². The summed E-state index contributed by atoms with van der Waals surface area (Å²) in [4.78, 5) is 16.0. The van der Waals surface area contributed by atoms with Gasteiger partial charge in [-0.3, -0.25) is 0 Å². The first-order valence-electron chi connectivity index (χ1n) is 5.51. The second kappa shape index (κ2) is 5.54. The number of nitriles is 1. The molecule has 0 aliphatic heterocycles. The molecule has 0 amide bonds. The molecule has 7 heteroatoms. The van der Waals surface area contributed by atoms with Gasteiger partial charge in [0, 0.05) is 11.4 Å². The van der Waals surface area contributed by atoms with Gasteiger partial charge in [-0.15, -0.1) is 21.5 Å². The fraction of sp³-hybridized carbons (Fsp3) is 0.250. The van der Waals surface area contributed by atoms with E-state index in [2.05, 4.69) is 15.2 Å². The molecule has 2 heterocycles. The highest BCUT2D eigenvalue weighted by Gasteiger charge is 2.15. The number of carbonyl (C=O) groups excluding carboxylic acids is 1. The van der Waals surface area contributed by atoms with Crippen LogP contribution < -0.4 is 4.74 Å². The van der Waals surface area contributed by atoms with Crippen LogP contribution in [-0.4, -0.2) is 21.2 Å². The summed E-state index contributed by atoms with van der Waals surface area (Å²) in [5.41, 5.74) is 1.01. The summed E-state index contributed by atoms with van der Waals surface area (Å²) in [5, 5.41) is 17.9. The Morgan fingerprint density at radius 3 is 2.74 bits per heavy atom. The Morgan fingerprint density at radius 1 is 1.42 bits per heavy atom. The molecule has 2 rings (SSSR count). The molecule has 6 nitrogen and oxygen atoms in total. The van der Waals surface area contributed by atoms with E-state index in [-0.39, 0.29) is 22.5 Å². The summed E-state index contributed by atoms with van der Waals surface area (Å²) in [6.07, 6.45) is 0. The Balaban J connectivity index is 2.09. The Hall–Kier alpha value is -2.33. The molecule has 2 aromatic heterocycles. The van der Waals surface area contributed by atoms with Gasteiger partial charge < -0.3 is 4.74 Å². The largest absolute Gasteiger partial charge is 0.400 e. The van der Waals surface area contributed by atoms with E-state index < -0.39 is 5.97 Å². The quantitative estimate of drug-likeness (QED) is 0.797.